The Bertz CT molecular complexity index is 2690. The lowest BCUT2D eigenvalue weighted by Gasteiger charge is -2.25. The summed E-state index contributed by atoms with van der Waals surface area (Å²) < 4.78 is 4.17. The lowest BCUT2D eigenvalue weighted by Crippen LogP contribution is -2.21. The van der Waals surface area contributed by atoms with E-state index in [1.165, 1.54) is 0 Å². The van der Waals surface area contributed by atoms with Crippen LogP contribution in [0.2, 0.25) is 0 Å². The molecule has 0 atom stereocenters. The number of fused-ring (bicyclic) bond motifs is 4. The van der Waals surface area contributed by atoms with E-state index in [1.807, 2.05) is 72.9 Å². The van der Waals surface area contributed by atoms with Crippen LogP contribution in [0.1, 0.15) is 22.6 Å². The van der Waals surface area contributed by atoms with E-state index in [-0.39, 0.29) is 0 Å². The number of allylic oxidation sites excluding steroid dienone is 10. The van der Waals surface area contributed by atoms with Crippen LogP contribution >= 0.6 is 0 Å². The summed E-state index contributed by atoms with van der Waals surface area (Å²) in [5.74, 6) is 2.61. The molecule has 250 valence electrons. The molecule has 0 radical (unpaired) electrons. The fourth-order valence-electron chi connectivity index (χ4n) is 6.23. The van der Waals surface area contributed by atoms with E-state index in [4.69, 9.17) is 11.4 Å². The van der Waals surface area contributed by atoms with Gasteiger partial charge in [-0.3, -0.25) is 19.5 Å². The van der Waals surface area contributed by atoms with Crippen molar-refractivity contribution in [3.63, 3.8) is 0 Å². The Morgan fingerprint density at radius 3 is 2.74 bits per heavy atom. The maximum atomic E-state index is 5.71. The van der Waals surface area contributed by atoms with Crippen LogP contribution in [0.15, 0.2) is 171 Å². The topological polar surface area (TPSA) is 63.1 Å². The number of aromatic nitrogens is 3. The molecule has 0 unspecified atom stereocenters. The highest BCUT2D eigenvalue weighted by Crippen LogP contribution is 2.40. The van der Waals surface area contributed by atoms with Crippen molar-refractivity contribution in [3.05, 3.63) is 179 Å². The Balaban J connectivity index is 1.59. The van der Waals surface area contributed by atoms with Crippen LogP contribution in [0.4, 0.5) is 11.4 Å². The zero-order valence-corrected chi connectivity index (χ0v) is 28.8. The predicted octanol–water partition coefficient (Wildman–Crippen LogP) is 9.72. The van der Waals surface area contributed by atoms with Crippen LogP contribution < -0.4 is 0 Å². The van der Waals surface area contributed by atoms with Gasteiger partial charge in [-0.15, -0.1) is 23.6 Å². The summed E-state index contributed by atoms with van der Waals surface area (Å²) in [5.41, 5.74) is 27.1. The maximum Gasteiger partial charge on any atom is 0.115 e. The Labute approximate surface area is 308 Å². The minimum absolute atomic E-state index is 0.393. The van der Waals surface area contributed by atoms with Gasteiger partial charge in [0.2, 0.25) is 0 Å². The Morgan fingerprint density at radius 1 is 1.04 bits per heavy atom. The van der Waals surface area contributed by atoms with Crippen LogP contribution in [-0.4, -0.2) is 44.7 Å². The van der Waals surface area contributed by atoms with E-state index in [0.29, 0.717) is 34.7 Å². The Kier molecular flexibility index (Phi) is 9.47. The summed E-state index contributed by atoms with van der Waals surface area (Å²) in [7, 11) is 0. The Morgan fingerprint density at radius 2 is 1.91 bits per heavy atom. The second-order valence-corrected chi connectivity index (χ2v) is 11.6. The van der Waals surface area contributed by atoms with E-state index in [2.05, 4.69) is 102 Å². The van der Waals surface area contributed by atoms with Gasteiger partial charge in [0.15, 0.2) is 0 Å². The molecule has 7 heteroatoms. The third-order valence-corrected chi connectivity index (χ3v) is 8.56. The van der Waals surface area contributed by atoms with E-state index < -0.39 is 0 Å². The van der Waals surface area contributed by atoms with Gasteiger partial charge in [-0.05, 0) is 79.6 Å². The molecule has 0 spiro atoms. The normalized spacial score (nSPS) is 14.8. The zero-order chi connectivity index (χ0) is 36.7. The molecule has 5 heterocycles. The highest BCUT2D eigenvalue weighted by atomic mass is 15.2. The van der Waals surface area contributed by atoms with Crippen molar-refractivity contribution >= 4 is 77.3 Å². The number of terminal acetylenes is 1. The first-order chi connectivity index (χ1) is 26.1. The number of nitrogens with zero attached hydrogens (tertiary/aromatic N) is 7. The van der Waals surface area contributed by atoms with Gasteiger partial charge in [0.05, 0.1) is 45.4 Å². The van der Waals surface area contributed by atoms with E-state index >= 15 is 0 Å². The van der Waals surface area contributed by atoms with Crippen molar-refractivity contribution in [1.82, 2.24) is 19.0 Å². The molecule has 7 rings (SSSR count). The molecule has 0 amide bonds. The summed E-state index contributed by atoms with van der Waals surface area (Å²) in [5, 5.41) is 0. The highest BCUT2D eigenvalue weighted by Gasteiger charge is 2.25. The second-order valence-electron chi connectivity index (χ2n) is 11.6. The van der Waals surface area contributed by atoms with Crippen molar-refractivity contribution in [1.29, 1.82) is 0 Å². The third kappa shape index (κ3) is 6.34. The van der Waals surface area contributed by atoms with E-state index in [9.17, 15) is 0 Å². The lowest BCUT2D eigenvalue weighted by atomic mass is 10.2. The monoisotopic (exact) mass is 681 g/mol. The molecular weight excluding hydrogens is 651 g/mol. The van der Waals surface area contributed by atoms with Crippen LogP contribution in [0.5, 0.6) is 0 Å². The number of pyridine rings is 1. The van der Waals surface area contributed by atoms with Gasteiger partial charge in [0.1, 0.15) is 16.9 Å². The molecule has 2 aliphatic carbocycles. The molecule has 0 N–H and O–H groups in total. The molecule has 4 aliphatic rings. The van der Waals surface area contributed by atoms with Gasteiger partial charge in [0, 0.05) is 60.2 Å². The van der Waals surface area contributed by atoms with Crippen LogP contribution in [0.25, 0.3) is 46.7 Å². The van der Waals surface area contributed by atoms with Crippen molar-refractivity contribution in [3.8, 4) is 12.3 Å². The SMILES string of the molecule is C#C/C=C\c1c(N=C)c2ncccc2n1C1=CC(N(CC=C=C)C2=C=C(C(=C)C=C)N=CC=C2)=CC(n2c3c(c4c2C=C=CC=N4)C=CC=C=C3)=C=C1. The summed E-state index contributed by atoms with van der Waals surface area (Å²) in [4.78, 5) is 20.5. The summed E-state index contributed by atoms with van der Waals surface area (Å²) in [6.07, 6.45) is 39.4. The largest absolute Gasteiger partial charge is 0.330 e. The second kappa shape index (κ2) is 14.9. The van der Waals surface area contributed by atoms with Gasteiger partial charge in [-0.2, -0.15) is 0 Å². The molecule has 53 heavy (non-hydrogen) atoms. The molecule has 7 nitrogen and oxygen atoms in total. The zero-order valence-electron chi connectivity index (χ0n) is 28.8. The van der Waals surface area contributed by atoms with Gasteiger partial charge in [-0.1, -0.05) is 49.3 Å². The standard InChI is InChI=1S/C46H31N7/c1-6-9-20-42-45(47-5)46-43(23-17-28-50-46)53(42)36-25-24-35(52-40-21-13-11-12-19-38(40)44-41(52)22-14-15-26-49-44)30-37(31-36)51(29-10-7-2)34-18-16-27-48-39(32-34)33(4)8-3/h1,8-12,15-23,25-28,30-31H,2-5,29H2/b20-9-. The van der Waals surface area contributed by atoms with Gasteiger partial charge < -0.3 is 9.47 Å². The number of hydrogen-bond acceptors (Lipinski definition) is 5. The number of aliphatic imine (C=N–C) groups is 3. The molecule has 2 aliphatic heterocycles. The molecule has 0 saturated heterocycles. The smallest absolute Gasteiger partial charge is 0.115 e. The first-order valence-corrected chi connectivity index (χ1v) is 16.6. The average Bonchev–Trinajstić information content (AvgIpc) is 3.48. The quantitative estimate of drug-likeness (QED) is 0.0926. The first kappa shape index (κ1) is 33.6. The van der Waals surface area contributed by atoms with Crippen molar-refractivity contribution < 1.29 is 0 Å². The van der Waals surface area contributed by atoms with Crippen LogP contribution in [0, 0.1) is 12.3 Å². The highest BCUT2D eigenvalue weighted by molar-refractivity contribution is 5.98. The average molecular weight is 682 g/mol. The number of hydrogen-bond donors (Lipinski definition) is 0. The molecule has 0 bridgehead atoms. The van der Waals surface area contributed by atoms with Gasteiger partial charge in [-0.25, -0.2) is 4.99 Å². The van der Waals surface area contributed by atoms with Crippen molar-refractivity contribution in [2.45, 2.75) is 0 Å². The molecule has 3 aromatic heterocycles. The summed E-state index contributed by atoms with van der Waals surface area (Å²) in [6, 6.07) is 3.88. The fourth-order valence-corrected chi connectivity index (χ4v) is 6.23. The first-order valence-electron chi connectivity index (χ1n) is 16.6. The fraction of sp³-hybridized carbons (Fsp3) is 0.0217. The van der Waals surface area contributed by atoms with Gasteiger partial charge in [0.25, 0.3) is 0 Å². The van der Waals surface area contributed by atoms with Crippen molar-refractivity contribution in [2.75, 3.05) is 6.54 Å². The van der Waals surface area contributed by atoms with Crippen LogP contribution in [-0.2, 0) is 0 Å². The maximum absolute atomic E-state index is 5.71. The molecule has 0 fully saturated rings. The minimum atomic E-state index is 0.393. The third-order valence-electron chi connectivity index (χ3n) is 8.56. The number of rotatable bonds is 10. The molecular formula is C46H31N7. The van der Waals surface area contributed by atoms with E-state index in [0.717, 1.165) is 50.9 Å². The lowest BCUT2D eigenvalue weighted by molar-refractivity contribution is 0.504. The summed E-state index contributed by atoms with van der Waals surface area (Å²) >= 11 is 0. The molecule has 3 aromatic rings. The minimum Gasteiger partial charge on any atom is -0.330 e. The molecule has 0 aromatic carbocycles. The van der Waals surface area contributed by atoms with E-state index in [1.54, 1.807) is 36.9 Å². The van der Waals surface area contributed by atoms with Crippen molar-refractivity contribution in [2.24, 2.45) is 15.0 Å². The predicted molar refractivity (Wildman–Crippen MR) is 222 cm³/mol. The Hall–Kier alpha value is -7.88. The van der Waals surface area contributed by atoms with Gasteiger partial charge >= 0.3 is 0 Å². The van der Waals surface area contributed by atoms with Crippen LogP contribution in [0.3, 0.4) is 0 Å². The molecule has 0 saturated carbocycles. The summed E-state index contributed by atoms with van der Waals surface area (Å²) in [6.45, 7) is 16.2.